The standard InChI is InChI=1S/C16H20FN3O4/c17-11-7-10(19-16(23)9-5-12(18)14(21)6-9)1-2-13(11)20-3-4-24-8-15(20)22/h1-2,7,9,12,14,21H,3-6,8,18H2,(H,19,23)/t9-,12+,14+/m1/s1. The van der Waals surface area contributed by atoms with Crippen LogP contribution < -0.4 is 16.0 Å². The van der Waals surface area contributed by atoms with Crippen molar-refractivity contribution in [1.29, 1.82) is 0 Å². The minimum Gasteiger partial charge on any atom is -0.391 e. The Balaban J connectivity index is 1.68. The number of amides is 2. The molecular weight excluding hydrogens is 317 g/mol. The van der Waals surface area contributed by atoms with E-state index in [2.05, 4.69) is 5.32 Å². The molecule has 0 spiro atoms. The second-order valence-electron chi connectivity index (χ2n) is 6.15. The van der Waals surface area contributed by atoms with Gasteiger partial charge in [0.25, 0.3) is 5.91 Å². The van der Waals surface area contributed by atoms with Gasteiger partial charge in [-0.25, -0.2) is 4.39 Å². The summed E-state index contributed by atoms with van der Waals surface area (Å²) in [6.45, 7) is 0.579. The fraction of sp³-hybridized carbons (Fsp3) is 0.500. The zero-order chi connectivity index (χ0) is 17.3. The number of aliphatic hydroxyl groups excluding tert-OH is 1. The van der Waals surface area contributed by atoms with Crippen molar-refractivity contribution in [2.24, 2.45) is 11.7 Å². The number of rotatable bonds is 3. The van der Waals surface area contributed by atoms with Crippen LogP contribution in [0.3, 0.4) is 0 Å². The van der Waals surface area contributed by atoms with Gasteiger partial charge in [-0.3, -0.25) is 9.59 Å². The van der Waals surface area contributed by atoms with E-state index >= 15 is 0 Å². The number of hydrogen-bond donors (Lipinski definition) is 3. The SMILES string of the molecule is N[C@H]1C[C@@H](C(=O)Nc2ccc(N3CCOCC3=O)c(F)c2)C[C@@H]1O. The molecular formula is C16H20FN3O4. The van der Waals surface area contributed by atoms with Crippen molar-refractivity contribution in [3.63, 3.8) is 0 Å². The van der Waals surface area contributed by atoms with Crippen LogP contribution in [-0.4, -0.2) is 48.8 Å². The number of ether oxygens (including phenoxy) is 1. The summed E-state index contributed by atoms with van der Waals surface area (Å²) in [5, 5.41) is 12.3. The van der Waals surface area contributed by atoms with E-state index in [0.29, 0.717) is 31.7 Å². The molecule has 1 saturated carbocycles. The van der Waals surface area contributed by atoms with Crippen LogP contribution in [0.5, 0.6) is 0 Å². The number of nitrogens with one attached hydrogen (secondary N) is 1. The minimum absolute atomic E-state index is 0.0673. The number of benzene rings is 1. The van der Waals surface area contributed by atoms with Gasteiger partial charge >= 0.3 is 0 Å². The van der Waals surface area contributed by atoms with Crippen molar-refractivity contribution in [2.45, 2.75) is 25.0 Å². The van der Waals surface area contributed by atoms with E-state index < -0.39 is 23.9 Å². The predicted octanol–water partition coefficient (Wildman–Crippen LogP) is 0.226. The first-order valence-corrected chi connectivity index (χ1v) is 7.88. The maximum absolute atomic E-state index is 14.3. The van der Waals surface area contributed by atoms with Gasteiger partial charge in [0, 0.05) is 24.2 Å². The Bertz CT molecular complexity index is 644. The van der Waals surface area contributed by atoms with Crippen LogP contribution in [0.2, 0.25) is 0 Å². The molecule has 2 amide bonds. The molecule has 0 unspecified atom stereocenters. The van der Waals surface area contributed by atoms with Gasteiger partial charge in [0.15, 0.2) is 0 Å². The van der Waals surface area contributed by atoms with Crippen LogP contribution in [0.15, 0.2) is 18.2 Å². The Morgan fingerprint density at radius 3 is 2.83 bits per heavy atom. The van der Waals surface area contributed by atoms with E-state index in [9.17, 15) is 19.1 Å². The summed E-state index contributed by atoms with van der Waals surface area (Å²) >= 11 is 0. The molecule has 24 heavy (non-hydrogen) atoms. The van der Waals surface area contributed by atoms with Gasteiger partial charge in [-0.2, -0.15) is 0 Å². The van der Waals surface area contributed by atoms with Crippen molar-refractivity contribution in [3.05, 3.63) is 24.0 Å². The second kappa shape index (κ2) is 6.84. The van der Waals surface area contributed by atoms with E-state index in [0.717, 1.165) is 0 Å². The molecule has 1 aromatic rings. The van der Waals surface area contributed by atoms with Crippen molar-refractivity contribution < 1.29 is 23.8 Å². The molecule has 2 fully saturated rings. The van der Waals surface area contributed by atoms with Crippen LogP contribution in [-0.2, 0) is 14.3 Å². The molecule has 2 aliphatic rings. The van der Waals surface area contributed by atoms with E-state index in [4.69, 9.17) is 10.5 Å². The molecule has 0 radical (unpaired) electrons. The summed E-state index contributed by atoms with van der Waals surface area (Å²) in [6.07, 6.45) is 0.0123. The summed E-state index contributed by atoms with van der Waals surface area (Å²) < 4.78 is 19.3. The van der Waals surface area contributed by atoms with Gasteiger partial charge in [-0.15, -0.1) is 0 Å². The molecule has 0 aromatic heterocycles. The molecule has 1 aliphatic heterocycles. The summed E-state index contributed by atoms with van der Waals surface area (Å²) in [5.74, 6) is -1.58. The molecule has 4 N–H and O–H groups in total. The number of nitrogens with two attached hydrogens (primary N) is 1. The second-order valence-corrected chi connectivity index (χ2v) is 6.15. The van der Waals surface area contributed by atoms with Gasteiger partial charge in [-0.1, -0.05) is 0 Å². The average molecular weight is 337 g/mol. The van der Waals surface area contributed by atoms with Gasteiger partial charge in [-0.05, 0) is 31.0 Å². The van der Waals surface area contributed by atoms with Crippen molar-refractivity contribution in [3.8, 4) is 0 Å². The number of aliphatic hydroxyl groups is 1. The number of nitrogens with zero attached hydrogens (tertiary/aromatic N) is 1. The molecule has 7 nitrogen and oxygen atoms in total. The first-order valence-electron chi connectivity index (χ1n) is 7.88. The summed E-state index contributed by atoms with van der Waals surface area (Å²) in [5.41, 5.74) is 6.17. The highest BCUT2D eigenvalue weighted by Crippen LogP contribution is 2.28. The van der Waals surface area contributed by atoms with Crippen LogP contribution in [0.4, 0.5) is 15.8 Å². The van der Waals surface area contributed by atoms with Gasteiger partial charge < -0.3 is 25.8 Å². The highest BCUT2D eigenvalue weighted by molar-refractivity contribution is 5.96. The highest BCUT2D eigenvalue weighted by atomic mass is 19.1. The largest absolute Gasteiger partial charge is 0.391 e. The van der Waals surface area contributed by atoms with Crippen molar-refractivity contribution in [1.82, 2.24) is 0 Å². The first kappa shape index (κ1) is 16.8. The Hall–Kier alpha value is -2.03. The maximum Gasteiger partial charge on any atom is 0.253 e. The highest BCUT2D eigenvalue weighted by Gasteiger charge is 2.34. The van der Waals surface area contributed by atoms with E-state index in [1.165, 1.54) is 17.0 Å². The topological polar surface area (TPSA) is 105 Å². The number of carbonyl (C=O) groups is 2. The third kappa shape index (κ3) is 3.40. The third-order valence-corrected chi connectivity index (χ3v) is 4.44. The first-order chi connectivity index (χ1) is 11.5. The van der Waals surface area contributed by atoms with Gasteiger partial charge in [0.1, 0.15) is 12.4 Å². The van der Waals surface area contributed by atoms with Gasteiger partial charge in [0.05, 0.1) is 18.4 Å². The minimum atomic E-state index is -0.688. The molecule has 8 heteroatoms. The molecule has 1 aliphatic carbocycles. The molecule has 3 rings (SSSR count). The Kier molecular flexibility index (Phi) is 4.79. The predicted molar refractivity (Wildman–Crippen MR) is 84.9 cm³/mol. The van der Waals surface area contributed by atoms with E-state index in [1.807, 2.05) is 0 Å². The summed E-state index contributed by atoms with van der Waals surface area (Å²) in [6, 6.07) is 3.78. The lowest BCUT2D eigenvalue weighted by Gasteiger charge is -2.27. The number of morpholine rings is 1. The molecule has 1 saturated heterocycles. The lowest BCUT2D eigenvalue weighted by molar-refractivity contribution is -0.125. The Labute approximate surface area is 138 Å². The van der Waals surface area contributed by atoms with Gasteiger partial charge in [0.2, 0.25) is 5.91 Å². The Morgan fingerprint density at radius 1 is 1.42 bits per heavy atom. The van der Waals surface area contributed by atoms with Crippen LogP contribution in [0.1, 0.15) is 12.8 Å². The van der Waals surface area contributed by atoms with Crippen molar-refractivity contribution >= 4 is 23.2 Å². The smallest absolute Gasteiger partial charge is 0.253 e. The van der Waals surface area contributed by atoms with Crippen LogP contribution in [0.25, 0.3) is 0 Å². The van der Waals surface area contributed by atoms with E-state index in [1.54, 1.807) is 6.07 Å². The van der Waals surface area contributed by atoms with Crippen LogP contribution in [0, 0.1) is 11.7 Å². The molecule has 1 aromatic carbocycles. The summed E-state index contributed by atoms with van der Waals surface area (Å²) in [4.78, 5) is 25.3. The van der Waals surface area contributed by atoms with Crippen LogP contribution >= 0.6 is 0 Å². The molecule has 130 valence electrons. The lowest BCUT2D eigenvalue weighted by Crippen LogP contribution is -2.42. The van der Waals surface area contributed by atoms with Crippen molar-refractivity contribution in [2.75, 3.05) is 30.0 Å². The molecule has 1 heterocycles. The van der Waals surface area contributed by atoms with E-state index in [-0.39, 0.29) is 24.1 Å². The Morgan fingerprint density at radius 2 is 2.21 bits per heavy atom. The monoisotopic (exact) mass is 337 g/mol. The third-order valence-electron chi connectivity index (χ3n) is 4.44. The number of hydrogen-bond acceptors (Lipinski definition) is 5. The average Bonchev–Trinajstić information content (AvgIpc) is 2.88. The molecule has 3 atom stereocenters. The zero-order valence-electron chi connectivity index (χ0n) is 13.1. The quantitative estimate of drug-likeness (QED) is 0.732. The lowest BCUT2D eigenvalue weighted by atomic mass is 10.1. The normalized spacial score (nSPS) is 27.4. The maximum atomic E-state index is 14.3. The summed E-state index contributed by atoms with van der Waals surface area (Å²) in [7, 11) is 0. The molecule has 0 bridgehead atoms. The number of anilines is 2. The fourth-order valence-corrected chi connectivity index (χ4v) is 3.08. The number of carbonyl (C=O) groups excluding carboxylic acids is 2. The fourth-order valence-electron chi connectivity index (χ4n) is 3.08. The number of halogens is 1. The zero-order valence-corrected chi connectivity index (χ0v) is 13.1.